The normalized spacial score (nSPS) is 11.3. The number of aliphatic hydroxyl groups excluding tert-OH is 1. The highest BCUT2D eigenvalue weighted by molar-refractivity contribution is 5.75. The Morgan fingerprint density at radius 2 is 1.90 bits per heavy atom. The van der Waals surface area contributed by atoms with E-state index in [0.717, 1.165) is 56.5 Å². The van der Waals surface area contributed by atoms with Crippen molar-refractivity contribution in [3.05, 3.63) is 30.1 Å². The molecule has 4 heteroatoms. The predicted molar refractivity (Wildman–Crippen MR) is 82.8 cm³/mol. The lowest BCUT2D eigenvalue weighted by Gasteiger charge is -2.05. The highest BCUT2D eigenvalue weighted by Crippen LogP contribution is 2.14. The van der Waals surface area contributed by atoms with Gasteiger partial charge in [-0.05, 0) is 50.9 Å². The minimum Gasteiger partial charge on any atom is -0.396 e. The Labute approximate surface area is 120 Å². The van der Waals surface area contributed by atoms with Crippen molar-refractivity contribution in [2.24, 2.45) is 7.05 Å². The number of benzene rings is 1. The maximum absolute atomic E-state index is 8.69. The zero-order valence-corrected chi connectivity index (χ0v) is 12.3. The predicted octanol–water partition coefficient (Wildman–Crippen LogP) is 2.26. The first-order chi connectivity index (χ1) is 9.83. The van der Waals surface area contributed by atoms with E-state index in [1.54, 1.807) is 0 Å². The molecule has 2 aromatic rings. The van der Waals surface area contributed by atoms with Crippen molar-refractivity contribution in [1.82, 2.24) is 14.9 Å². The number of aryl methyl sites for hydroxylation is 2. The van der Waals surface area contributed by atoms with E-state index in [0.29, 0.717) is 6.61 Å². The fourth-order valence-corrected chi connectivity index (χ4v) is 2.45. The Balaban J connectivity index is 1.69. The number of para-hydroxylation sites is 2. The van der Waals surface area contributed by atoms with Crippen molar-refractivity contribution in [2.45, 2.75) is 32.1 Å². The molecule has 1 aromatic heterocycles. The molecular formula is C16H25N3O. The van der Waals surface area contributed by atoms with E-state index in [2.05, 4.69) is 40.1 Å². The molecule has 0 fully saturated rings. The van der Waals surface area contributed by atoms with Crippen molar-refractivity contribution < 1.29 is 5.11 Å². The first-order valence-electron chi connectivity index (χ1n) is 7.55. The summed E-state index contributed by atoms with van der Waals surface area (Å²) in [6, 6.07) is 8.28. The second kappa shape index (κ2) is 8.02. The Morgan fingerprint density at radius 3 is 2.70 bits per heavy atom. The molecule has 0 unspecified atom stereocenters. The molecule has 0 amide bonds. The molecule has 1 aromatic carbocycles. The second-order valence-corrected chi connectivity index (χ2v) is 5.21. The van der Waals surface area contributed by atoms with E-state index in [4.69, 9.17) is 5.11 Å². The fourth-order valence-electron chi connectivity index (χ4n) is 2.45. The molecule has 4 nitrogen and oxygen atoms in total. The number of hydrogen-bond acceptors (Lipinski definition) is 3. The van der Waals surface area contributed by atoms with Crippen LogP contribution in [0, 0.1) is 0 Å². The Morgan fingerprint density at radius 1 is 1.10 bits per heavy atom. The number of imidazole rings is 1. The number of aromatic nitrogens is 2. The van der Waals surface area contributed by atoms with Crippen LogP contribution < -0.4 is 5.32 Å². The Kier molecular flexibility index (Phi) is 6.02. The van der Waals surface area contributed by atoms with Gasteiger partial charge < -0.3 is 15.0 Å². The smallest absolute Gasteiger partial charge is 0.109 e. The summed E-state index contributed by atoms with van der Waals surface area (Å²) in [5.74, 6) is 1.16. The SMILES string of the molecule is Cn1c(CCCNCCCCCO)nc2ccccc21. The van der Waals surface area contributed by atoms with E-state index in [1.807, 2.05) is 6.07 Å². The molecule has 110 valence electrons. The van der Waals surface area contributed by atoms with Crippen LogP contribution in [0.4, 0.5) is 0 Å². The van der Waals surface area contributed by atoms with Gasteiger partial charge >= 0.3 is 0 Å². The zero-order valence-electron chi connectivity index (χ0n) is 12.3. The van der Waals surface area contributed by atoms with E-state index < -0.39 is 0 Å². The average molecular weight is 275 g/mol. The van der Waals surface area contributed by atoms with Crippen LogP contribution in [0.5, 0.6) is 0 Å². The van der Waals surface area contributed by atoms with E-state index in [-0.39, 0.29) is 0 Å². The summed E-state index contributed by atoms with van der Waals surface area (Å²) < 4.78 is 2.19. The molecule has 0 aliphatic carbocycles. The Bertz CT molecular complexity index is 521. The topological polar surface area (TPSA) is 50.1 Å². The summed E-state index contributed by atoms with van der Waals surface area (Å²) in [7, 11) is 2.09. The van der Waals surface area contributed by atoms with Gasteiger partial charge in [-0.25, -0.2) is 4.98 Å². The summed E-state index contributed by atoms with van der Waals surface area (Å²) in [5, 5.41) is 12.1. The van der Waals surface area contributed by atoms with Gasteiger partial charge in [-0.2, -0.15) is 0 Å². The standard InChI is InChI=1S/C16H25N3O/c1-19-15-9-4-3-8-14(15)18-16(19)10-7-12-17-11-5-2-6-13-20/h3-4,8-9,17,20H,2,5-7,10-13H2,1H3. The van der Waals surface area contributed by atoms with Gasteiger partial charge in [0.25, 0.3) is 0 Å². The largest absolute Gasteiger partial charge is 0.396 e. The lowest BCUT2D eigenvalue weighted by Crippen LogP contribution is -2.17. The first-order valence-corrected chi connectivity index (χ1v) is 7.55. The third-order valence-corrected chi connectivity index (χ3v) is 3.65. The van der Waals surface area contributed by atoms with Crippen LogP contribution >= 0.6 is 0 Å². The van der Waals surface area contributed by atoms with Crippen LogP contribution in [0.1, 0.15) is 31.5 Å². The van der Waals surface area contributed by atoms with Crippen molar-refractivity contribution in [3.63, 3.8) is 0 Å². The molecule has 1 heterocycles. The molecule has 0 saturated heterocycles. The molecule has 0 atom stereocenters. The van der Waals surface area contributed by atoms with Gasteiger partial charge in [0.15, 0.2) is 0 Å². The highest BCUT2D eigenvalue weighted by Gasteiger charge is 2.05. The van der Waals surface area contributed by atoms with Crippen LogP contribution in [-0.2, 0) is 13.5 Å². The van der Waals surface area contributed by atoms with Crippen molar-refractivity contribution in [2.75, 3.05) is 19.7 Å². The molecule has 0 aliphatic rings. The van der Waals surface area contributed by atoms with Crippen molar-refractivity contribution in [1.29, 1.82) is 0 Å². The third-order valence-electron chi connectivity index (χ3n) is 3.65. The zero-order chi connectivity index (χ0) is 14.2. The molecule has 0 radical (unpaired) electrons. The second-order valence-electron chi connectivity index (χ2n) is 5.21. The third kappa shape index (κ3) is 4.05. The summed E-state index contributed by atoms with van der Waals surface area (Å²) in [6.07, 6.45) is 5.29. The number of fused-ring (bicyclic) bond motifs is 1. The first kappa shape index (κ1) is 15.0. The maximum atomic E-state index is 8.69. The maximum Gasteiger partial charge on any atom is 0.109 e. The van der Waals surface area contributed by atoms with Crippen LogP contribution in [0.15, 0.2) is 24.3 Å². The van der Waals surface area contributed by atoms with Gasteiger partial charge in [-0.3, -0.25) is 0 Å². The van der Waals surface area contributed by atoms with E-state index in [1.165, 1.54) is 5.52 Å². The number of hydrogen-bond donors (Lipinski definition) is 2. The van der Waals surface area contributed by atoms with Gasteiger partial charge in [0.1, 0.15) is 5.82 Å². The van der Waals surface area contributed by atoms with Gasteiger partial charge in [0, 0.05) is 20.1 Å². The van der Waals surface area contributed by atoms with Gasteiger partial charge in [-0.1, -0.05) is 12.1 Å². The van der Waals surface area contributed by atoms with Crippen LogP contribution in [0.2, 0.25) is 0 Å². The molecular weight excluding hydrogens is 250 g/mol. The molecule has 0 aliphatic heterocycles. The summed E-state index contributed by atoms with van der Waals surface area (Å²) in [5.41, 5.74) is 2.29. The summed E-state index contributed by atoms with van der Waals surface area (Å²) in [4.78, 5) is 4.68. The van der Waals surface area contributed by atoms with Gasteiger partial charge in [0.2, 0.25) is 0 Å². The number of rotatable bonds is 9. The number of nitrogens with zero attached hydrogens (tertiary/aromatic N) is 2. The lowest BCUT2D eigenvalue weighted by molar-refractivity contribution is 0.283. The molecule has 0 saturated carbocycles. The number of aliphatic hydroxyl groups is 1. The lowest BCUT2D eigenvalue weighted by atomic mass is 10.2. The van der Waals surface area contributed by atoms with Crippen LogP contribution in [0.3, 0.4) is 0 Å². The molecule has 2 N–H and O–H groups in total. The number of nitrogens with one attached hydrogen (secondary N) is 1. The monoisotopic (exact) mass is 275 g/mol. The van der Waals surface area contributed by atoms with Crippen LogP contribution in [-0.4, -0.2) is 34.4 Å². The average Bonchev–Trinajstić information content (AvgIpc) is 2.79. The summed E-state index contributed by atoms with van der Waals surface area (Å²) >= 11 is 0. The molecule has 20 heavy (non-hydrogen) atoms. The minimum atomic E-state index is 0.312. The molecule has 0 spiro atoms. The van der Waals surface area contributed by atoms with Gasteiger partial charge in [0.05, 0.1) is 11.0 Å². The fraction of sp³-hybridized carbons (Fsp3) is 0.562. The molecule has 2 rings (SSSR count). The Hall–Kier alpha value is -1.39. The van der Waals surface area contributed by atoms with E-state index >= 15 is 0 Å². The highest BCUT2D eigenvalue weighted by atomic mass is 16.2. The van der Waals surface area contributed by atoms with Crippen LogP contribution in [0.25, 0.3) is 11.0 Å². The minimum absolute atomic E-state index is 0.312. The summed E-state index contributed by atoms with van der Waals surface area (Å²) in [6.45, 7) is 2.39. The quantitative estimate of drug-likeness (QED) is 0.690. The molecule has 0 bridgehead atoms. The number of unbranched alkanes of at least 4 members (excludes halogenated alkanes) is 2. The van der Waals surface area contributed by atoms with E-state index in [9.17, 15) is 0 Å². The van der Waals surface area contributed by atoms with Gasteiger partial charge in [-0.15, -0.1) is 0 Å². The van der Waals surface area contributed by atoms with Crippen molar-refractivity contribution >= 4 is 11.0 Å². The van der Waals surface area contributed by atoms with Crippen molar-refractivity contribution in [3.8, 4) is 0 Å².